The Morgan fingerprint density at radius 1 is 1.18 bits per heavy atom. The number of hydrogen-bond donors (Lipinski definition) is 0. The molecule has 0 aromatic heterocycles. The summed E-state index contributed by atoms with van der Waals surface area (Å²) in [5, 5.41) is 0. The number of rotatable bonds is 0. The third kappa shape index (κ3) is 1.39. The van der Waals surface area contributed by atoms with Gasteiger partial charge in [-0.25, -0.2) is 0 Å². The lowest BCUT2D eigenvalue weighted by Gasteiger charge is -2.34. The molecule has 0 spiro atoms. The Balaban J connectivity index is 1.98. The van der Waals surface area contributed by atoms with E-state index < -0.39 is 0 Å². The largest absolute Gasteiger partial charge is 0.462 e. The van der Waals surface area contributed by atoms with Crippen molar-refractivity contribution in [2.75, 3.05) is 0 Å². The third-order valence-electron chi connectivity index (χ3n) is 2.84. The van der Waals surface area contributed by atoms with Crippen LogP contribution in [-0.2, 0) is 9.53 Å². The standard InChI is InChI=1S/C9H14O2/c10-9-6-5-7-3-1-2-4-8(7)11-9/h7-8H,1-6H2/t7-,8-/m0/s1. The molecule has 1 saturated carbocycles. The highest BCUT2D eigenvalue weighted by atomic mass is 16.5. The second-order valence-electron chi connectivity index (χ2n) is 3.61. The van der Waals surface area contributed by atoms with Crippen LogP contribution in [0.2, 0.25) is 0 Å². The molecule has 0 aromatic rings. The normalized spacial score (nSPS) is 37.6. The van der Waals surface area contributed by atoms with Gasteiger partial charge < -0.3 is 4.74 Å². The van der Waals surface area contributed by atoms with E-state index in [2.05, 4.69) is 0 Å². The SMILES string of the molecule is O=C1CC[C@@H]2CCCC[C@@H]2O1. The zero-order valence-corrected chi connectivity index (χ0v) is 6.71. The van der Waals surface area contributed by atoms with Crippen LogP contribution in [0.3, 0.4) is 0 Å². The summed E-state index contributed by atoms with van der Waals surface area (Å²) < 4.78 is 5.25. The molecule has 0 N–H and O–H groups in total. The van der Waals surface area contributed by atoms with Crippen LogP contribution in [0.15, 0.2) is 0 Å². The summed E-state index contributed by atoms with van der Waals surface area (Å²) in [6.07, 6.45) is 6.97. The van der Waals surface area contributed by atoms with E-state index in [1.165, 1.54) is 19.3 Å². The molecule has 0 radical (unpaired) electrons. The minimum absolute atomic E-state index is 0.0214. The average molecular weight is 154 g/mol. The van der Waals surface area contributed by atoms with Crippen LogP contribution in [-0.4, -0.2) is 12.1 Å². The molecular formula is C9H14O2. The van der Waals surface area contributed by atoms with E-state index in [1.807, 2.05) is 0 Å². The van der Waals surface area contributed by atoms with Gasteiger partial charge in [0.25, 0.3) is 0 Å². The van der Waals surface area contributed by atoms with Gasteiger partial charge >= 0.3 is 5.97 Å². The fourth-order valence-corrected chi connectivity index (χ4v) is 2.19. The Morgan fingerprint density at radius 2 is 2.00 bits per heavy atom. The molecule has 1 saturated heterocycles. The van der Waals surface area contributed by atoms with Gasteiger partial charge in [-0.3, -0.25) is 4.79 Å². The fourth-order valence-electron chi connectivity index (χ4n) is 2.19. The molecule has 0 aromatic carbocycles. The van der Waals surface area contributed by atoms with E-state index in [0.29, 0.717) is 12.3 Å². The van der Waals surface area contributed by atoms with E-state index in [0.717, 1.165) is 12.8 Å². The first-order chi connectivity index (χ1) is 5.36. The number of esters is 1. The Labute approximate surface area is 66.9 Å². The fraction of sp³-hybridized carbons (Fsp3) is 0.889. The molecule has 2 rings (SSSR count). The monoisotopic (exact) mass is 154 g/mol. The summed E-state index contributed by atoms with van der Waals surface area (Å²) in [7, 11) is 0. The summed E-state index contributed by atoms with van der Waals surface area (Å²) in [5.74, 6) is 0.717. The predicted octanol–water partition coefficient (Wildman–Crippen LogP) is 1.88. The van der Waals surface area contributed by atoms with Gasteiger partial charge in [0.05, 0.1) is 0 Å². The molecule has 2 atom stereocenters. The van der Waals surface area contributed by atoms with Crippen LogP contribution in [0.5, 0.6) is 0 Å². The minimum atomic E-state index is 0.0214. The molecule has 0 unspecified atom stereocenters. The number of carbonyl (C=O) groups is 1. The Kier molecular flexibility index (Phi) is 1.84. The van der Waals surface area contributed by atoms with Gasteiger partial charge in [0.2, 0.25) is 0 Å². The van der Waals surface area contributed by atoms with Crippen molar-refractivity contribution in [3.8, 4) is 0 Å². The first-order valence-corrected chi connectivity index (χ1v) is 4.56. The second kappa shape index (κ2) is 2.84. The summed E-state index contributed by atoms with van der Waals surface area (Å²) in [5.41, 5.74) is 0. The molecule has 1 aliphatic carbocycles. The Morgan fingerprint density at radius 3 is 2.91 bits per heavy atom. The molecule has 2 nitrogen and oxygen atoms in total. The molecule has 2 aliphatic rings. The Hall–Kier alpha value is -0.530. The summed E-state index contributed by atoms with van der Waals surface area (Å²) in [6.45, 7) is 0. The zero-order valence-electron chi connectivity index (χ0n) is 6.71. The van der Waals surface area contributed by atoms with Crippen molar-refractivity contribution in [1.82, 2.24) is 0 Å². The molecule has 0 amide bonds. The maximum absolute atomic E-state index is 10.9. The van der Waals surface area contributed by atoms with Crippen molar-refractivity contribution in [2.24, 2.45) is 5.92 Å². The first kappa shape index (κ1) is 7.14. The van der Waals surface area contributed by atoms with E-state index >= 15 is 0 Å². The van der Waals surface area contributed by atoms with Gasteiger partial charge in [0.15, 0.2) is 0 Å². The highest BCUT2D eigenvalue weighted by Gasteiger charge is 2.32. The number of carbonyl (C=O) groups excluding carboxylic acids is 1. The first-order valence-electron chi connectivity index (χ1n) is 4.56. The van der Waals surface area contributed by atoms with Gasteiger partial charge in [-0.2, -0.15) is 0 Å². The smallest absolute Gasteiger partial charge is 0.306 e. The summed E-state index contributed by atoms with van der Waals surface area (Å²) >= 11 is 0. The lowest BCUT2D eigenvalue weighted by molar-refractivity contribution is -0.160. The van der Waals surface area contributed by atoms with Crippen LogP contribution in [0.4, 0.5) is 0 Å². The van der Waals surface area contributed by atoms with Crippen LogP contribution in [0, 0.1) is 5.92 Å². The third-order valence-corrected chi connectivity index (χ3v) is 2.84. The van der Waals surface area contributed by atoms with Crippen molar-refractivity contribution >= 4 is 5.97 Å². The van der Waals surface area contributed by atoms with E-state index in [-0.39, 0.29) is 12.1 Å². The predicted molar refractivity (Wildman–Crippen MR) is 41.1 cm³/mol. The van der Waals surface area contributed by atoms with Gasteiger partial charge in [0, 0.05) is 6.42 Å². The summed E-state index contributed by atoms with van der Waals surface area (Å²) in [6, 6.07) is 0. The van der Waals surface area contributed by atoms with E-state index in [4.69, 9.17) is 4.74 Å². The van der Waals surface area contributed by atoms with Crippen LogP contribution >= 0.6 is 0 Å². The van der Waals surface area contributed by atoms with Crippen molar-refractivity contribution < 1.29 is 9.53 Å². The van der Waals surface area contributed by atoms with Crippen molar-refractivity contribution in [3.63, 3.8) is 0 Å². The minimum Gasteiger partial charge on any atom is -0.462 e. The van der Waals surface area contributed by atoms with Crippen molar-refractivity contribution in [3.05, 3.63) is 0 Å². The van der Waals surface area contributed by atoms with Gasteiger partial charge in [0.1, 0.15) is 6.10 Å². The van der Waals surface area contributed by atoms with E-state index in [9.17, 15) is 4.79 Å². The maximum atomic E-state index is 10.9. The summed E-state index contributed by atoms with van der Waals surface area (Å²) in [4.78, 5) is 10.9. The Bertz CT molecular complexity index is 165. The average Bonchev–Trinajstić information content (AvgIpc) is 2.04. The molecule has 2 fully saturated rings. The van der Waals surface area contributed by atoms with E-state index in [1.54, 1.807) is 0 Å². The van der Waals surface area contributed by atoms with Gasteiger partial charge in [-0.1, -0.05) is 6.42 Å². The van der Waals surface area contributed by atoms with Gasteiger partial charge in [-0.15, -0.1) is 0 Å². The maximum Gasteiger partial charge on any atom is 0.306 e. The molecule has 11 heavy (non-hydrogen) atoms. The quantitative estimate of drug-likeness (QED) is 0.498. The number of hydrogen-bond acceptors (Lipinski definition) is 2. The lowest BCUT2D eigenvalue weighted by atomic mass is 9.82. The number of fused-ring (bicyclic) bond motifs is 1. The second-order valence-corrected chi connectivity index (χ2v) is 3.61. The molecule has 2 heteroatoms. The van der Waals surface area contributed by atoms with Gasteiger partial charge in [-0.05, 0) is 31.6 Å². The van der Waals surface area contributed by atoms with Crippen LogP contribution in [0.25, 0.3) is 0 Å². The molecule has 1 heterocycles. The van der Waals surface area contributed by atoms with Crippen LogP contribution < -0.4 is 0 Å². The van der Waals surface area contributed by atoms with Crippen molar-refractivity contribution in [2.45, 2.75) is 44.6 Å². The topological polar surface area (TPSA) is 26.3 Å². The molecule has 0 bridgehead atoms. The lowest BCUT2D eigenvalue weighted by Crippen LogP contribution is -2.34. The highest BCUT2D eigenvalue weighted by Crippen LogP contribution is 2.33. The van der Waals surface area contributed by atoms with Crippen LogP contribution in [0.1, 0.15) is 38.5 Å². The number of ether oxygens (including phenoxy) is 1. The van der Waals surface area contributed by atoms with Crippen molar-refractivity contribution in [1.29, 1.82) is 0 Å². The molecule has 62 valence electrons. The highest BCUT2D eigenvalue weighted by molar-refractivity contribution is 5.70. The zero-order chi connectivity index (χ0) is 7.68. The molecular weight excluding hydrogens is 140 g/mol. The molecule has 1 aliphatic heterocycles.